The zero-order chi connectivity index (χ0) is 17.1. The maximum atomic E-state index is 4.69. The average molecular weight is 327 g/mol. The van der Waals surface area contributed by atoms with Crippen LogP contribution < -0.4 is 4.90 Å². The van der Waals surface area contributed by atoms with Crippen molar-refractivity contribution in [3.05, 3.63) is 41.7 Å². The van der Waals surface area contributed by atoms with Crippen LogP contribution in [-0.4, -0.2) is 53.2 Å². The lowest BCUT2D eigenvalue weighted by Crippen LogP contribution is -2.35. The van der Waals surface area contributed by atoms with E-state index >= 15 is 0 Å². The quantitative estimate of drug-likeness (QED) is 0.846. The largest absolute Gasteiger partial charge is 0.371 e. The summed E-state index contributed by atoms with van der Waals surface area (Å²) in [4.78, 5) is 13.9. The predicted octanol–water partition coefficient (Wildman–Crippen LogP) is 2.84. The number of hydrogen-bond acceptors (Lipinski definition) is 4. The zero-order valence-electron chi connectivity index (χ0n) is 15.4. The Morgan fingerprint density at radius 1 is 1.21 bits per heavy atom. The molecule has 0 radical (unpaired) electrons. The lowest BCUT2D eigenvalue weighted by Gasteiger charge is -2.34. The van der Waals surface area contributed by atoms with E-state index in [1.807, 2.05) is 6.20 Å². The average Bonchev–Trinajstić information content (AvgIpc) is 3.00. The molecule has 3 heterocycles. The van der Waals surface area contributed by atoms with Crippen LogP contribution in [0.2, 0.25) is 0 Å². The highest BCUT2D eigenvalue weighted by molar-refractivity contribution is 5.49. The molecule has 1 fully saturated rings. The number of aryl methyl sites for hydroxylation is 2. The standard InChI is InChI=1S/C19H29N5/c1-15-12-18(13-16(2)21-15)24-8-5-6-17(14-24)19-20-7-9-23(19)11-10-22(3)4/h7,9,12-13,17H,5-6,8,10-11,14H2,1-4H3. The lowest BCUT2D eigenvalue weighted by molar-refractivity contribution is 0.373. The molecule has 0 bridgehead atoms. The number of nitrogens with zero attached hydrogens (tertiary/aromatic N) is 5. The van der Waals surface area contributed by atoms with Crippen LogP contribution in [0.4, 0.5) is 5.69 Å². The Kier molecular flexibility index (Phi) is 5.19. The van der Waals surface area contributed by atoms with Gasteiger partial charge in [-0.1, -0.05) is 0 Å². The molecule has 130 valence electrons. The summed E-state index contributed by atoms with van der Waals surface area (Å²) in [5, 5.41) is 0. The summed E-state index contributed by atoms with van der Waals surface area (Å²) in [6, 6.07) is 4.40. The minimum absolute atomic E-state index is 0.504. The number of hydrogen-bond donors (Lipinski definition) is 0. The van der Waals surface area contributed by atoms with Gasteiger partial charge < -0.3 is 14.4 Å². The van der Waals surface area contributed by atoms with Gasteiger partial charge >= 0.3 is 0 Å². The molecular weight excluding hydrogens is 298 g/mol. The molecule has 5 nitrogen and oxygen atoms in total. The van der Waals surface area contributed by atoms with Crippen LogP contribution in [0.3, 0.4) is 0 Å². The van der Waals surface area contributed by atoms with Gasteiger partial charge in [0.25, 0.3) is 0 Å². The summed E-state index contributed by atoms with van der Waals surface area (Å²) in [7, 11) is 4.24. The highest BCUT2D eigenvalue weighted by atomic mass is 15.2. The fraction of sp³-hybridized carbons (Fsp3) is 0.579. The highest BCUT2D eigenvalue weighted by Gasteiger charge is 2.25. The number of imidazole rings is 1. The predicted molar refractivity (Wildman–Crippen MR) is 98.7 cm³/mol. The molecule has 1 unspecified atom stereocenters. The first-order chi connectivity index (χ1) is 11.5. The molecule has 2 aromatic heterocycles. The first kappa shape index (κ1) is 17.0. The molecule has 1 aliphatic rings. The van der Waals surface area contributed by atoms with Crippen molar-refractivity contribution in [2.24, 2.45) is 0 Å². The van der Waals surface area contributed by atoms with Gasteiger partial charge in [0.15, 0.2) is 0 Å². The van der Waals surface area contributed by atoms with Crippen molar-refractivity contribution in [1.82, 2.24) is 19.4 Å². The number of pyridine rings is 1. The van der Waals surface area contributed by atoms with Crippen LogP contribution in [-0.2, 0) is 6.54 Å². The Labute approximate surface area is 145 Å². The van der Waals surface area contributed by atoms with Crippen LogP contribution >= 0.6 is 0 Å². The molecule has 1 aliphatic heterocycles. The SMILES string of the molecule is Cc1cc(N2CCCC(c3nccn3CCN(C)C)C2)cc(C)n1. The molecule has 24 heavy (non-hydrogen) atoms. The third-order valence-corrected chi connectivity index (χ3v) is 4.75. The lowest BCUT2D eigenvalue weighted by atomic mass is 9.96. The van der Waals surface area contributed by atoms with Crippen LogP contribution in [0, 0.1) is 13.8 Å². The Hall–Kier alpha value is -1.88. The smallest absolute Gasteiger partial charge is 0.113 e. The van der Waals surface area contributed by atoms with Crippen molar-refractivity contribution in [1.29, 1.82) is 0 Å². The summed E-state index contributed by atoms with van der Waals surface area (Å²) < 4.78 is 2.33. The Morgan fingerprint density at radius 2 is 1.96 bits per heavy atom. The molecule has 5 heteroatoms. The molecule has 1 atom stereocenters. The Balaban J connectivity index is 1.75. The van der Waals surface area contributed by atoms with Crippen LogP contribution in [0.1, 0.15) is 36.0 Å². The normalized spacial score (nSPS) is 18.4. The number of aromatic nitrogens is 3. The van der Waals surface area contributed by atoms with Crippen molar-refractivity contribution in [2.75, 3.05) is 38.6 Å². The van der Waals surface area contributed by atoms with Gasteiger partial charge in [-0.2, -0.15) is 0 Å². The molecule has 0 spiro atoms. The van der Waals surface area contributed by atoms with Crippen molar-refractivity contribution >= 4 is 5.69 Å². The molecule has 1 saturated heterocycles. The minimum atomic E-state index is 0.504. The summed E-state index contributed by atoms with van der Waals surface area (Å²) in [6.07, 6.45) is 6.51. The minimum Gasteiger partial charge on any atom is -0.371 e. The van der Waals surface area contributed by atoms with Crippen molar-refractivity contribution in [2.45, 2.75) is 39.2 Å². The van der Waals surface area contributed by atoms with Gasteiger partial charge in [-0.05, 0) is 52.9 Å². The molecule has 3 rings (SSSR count). The van der Waals surface area contributed by atoms with Crippen molar-refractivity contribution in [3.8, 4) is 0 Å². The second-order valence-corrected chi connectivity index (χ2v) is 7.18. The number of rotatable bonds is 5. The van der Waals surface area contributed by atoms with Gasteiger partial charge in [0.05, 0.1) is 0 Å². The van der Waals surface area contributed by atoms with E-state index in [0.717, 1.165) is 37.6 Å². The van der Waals surface area contributed by atoms with E-state index in [9.17, 15) is 0 Å². The second kappa shape index (κ2) is 7.34. The van der Waals surface area contributed by atoms with E-state index in [1.165, 1.54) is 24.4 Å². The molecule has 0 aliphatic carbocycles. The van der Waals surface area contributed by atoms with E-state index in [4.69, 9.17) is 0 Å². The fourth-order valence-corrected chi connectivity index (χ4v) is 3.59. The number of anilines is 1. The summed E-state index contributed by atoms with van der Waals surface area (Å²) in [5.41, 5.74) is 3.50. The summed E-state index contributed by atoms with van der Waals surface area (Å²) in [5.74, 6) is 1.74. The topological polar surface area (TPSA) is 37.2 Å². The molecule has 0 saturated carbocycles. The Bertz CT molecular complexity index is 656. The summed E-state index contributed by atoms with van der Waals surface area (Å²) >= 11 is 0. The third-order valence-electron chi connectivity index (χ3n) is 4.75. The molecule has 0 amide bonds. The van der Waals surface area contributed by atoms with E-state index < -0.39 is 0 Å². The zero-order valence-corrected chi connectivity index (χ0v) is 15.4. The summed E-state index contributed by atoms with van der Waals surface area (Å²) in [6.45, 7) is 8.37. The maximum absolute atomic E-state index is 4.69. The van der Waals surface area contributed by atoms with Crippen LogP contribution in [0.15, 0.2) is 24.5 Å². The molecule has 2 aromatic rings. The number of likely N-dealkylation sites (N-methyl/N-ethyl adjacent to an activating group) is 1. The van der Waals surface area contributed by atoms with Crippen LogP contribution in [0.5, 0.6) is 0 Å². The molecule has 0 N–H and O–H groups in total. The van der Waals surface area contributed by atoms with Gasteiger partial charge in [-0.25, -0.2) is 4.98 Å². The monoisotopic (exact) mass is 327 g/mol. The van der Waals surface area contributed by atoms with Crippen molar-refractivity contribution in [3.63, 3.8) is 0 Å². The number of piperidine rings is 1. The van der Waals surface area contributed by atoms with Crippen LogP contribution in [0.25, 0.3) is 0 Å². The van der Waals surface area contributed by atoms with E-state index in [-0.39, 0.29) is 0 Å². The van der Waals surface area contributed by atoms with Crippen molar-refractivity contribution < 1.29 is 0 Å². The molecular formula is C19H29N5. The first-order valence-electron chi connectivity index (χ1n) is 8.89. The van der Waals surface area contributed by atoms with E-state index in [1.54, 1.807) is 0 Å². The first-order valence-corrected chi connectivity index (χ1v) is 8.89. The fourth-order valence-electron chi connectivity index (χ4n) is 3.59. The maximum Gasteiger partial charge on any atom is 0.113 e. The van der Waals surface area contributed by atoms with Gasteiger partial charge in [-0.15, -0.1) is 0 Å². The van der Waals surface area contributed by atoms with E-state index in [0.29, 0.717) is 5.92 Å². The van der Waals surface area contributed by atoms with E-state index in [2.05, 4.69) is 70.6 Å². The Morgan fingerprint density at radius 3 is 2.67 bits per heavy atom. The van der Waals surface area contributed by atoms with Gasteiger partial charge in [0.2, 0.25) is 0 Å². The highest BCUT2D eigenvalue weighted by Crippen LogP contribution is 2.29. The van der Waals surface area contributed by atoms with Gasteiger partial charge in [0, 0.05) is 61.6 Å². The second-order valence-electron chi connectivity index (χ2n) is 7.18. The third kappa shape index (κ3) is 3.96. The molecule has 0 aromatic carbocycles. The van der Waals surface area contributed by atoms with Gasteiger partial charge in [-0.3, -0.25) is 4.98 Å². The van der Waals surface area contributed by atoms with Gasteiger partial charge in [0.1, 0.15) is 5.82 Å².